The molecule has 0 unspecified atom stereocenters. The molecule has 5 rings (SSSR count). The monoisotopic (exact) mass is 532 g/mol. The van der Waals surface area contributed by atoms with Crippen LogP contribution in [0.3, 0.4) is 0 Å². The van der Waals surface area contributed by atoms with Gasteiger partial charge in [-0.05, 0) is 78.7 Å². The van der Waals surface area contributed by atoms with Crippen molar-refractivity contribution in [1.82, 2.24) is 4.98 Å². The molecule has 2 amide bonds. The Hall–Kier alpha value is -5.42. The first-order valence-corrected chi connectivity index (χ1v) is 12.5. The Morgan fingerprint density at radius 3 is 2.50 bits per heavy atom. The maximum absolute atomic E-state index is 13.2. The minimum atomic E-state index is -0.373. The van der Waals surface area contributed by atoms with E-state index < -0.39 is 0 Å². The summed E-state index contributed by atoms with van der Waals surface area (Å²) in [5.74, 6) is 1.19. The summed E-state index contributed by atoms with van der Waals surface area (Å²) in [4.78, 5) is 22.3. The fourth-order valence-electron chi connectivity index (χ4n) is 4.21. The van der Waals surface area contributed by atoms with Gasteiger partial charge in [0.1, 0.15) is 29.7 Å². The number of nitrogens with one attached hydrogen (secondary N) is 1. The fraction of sp³-hybridized carbons (Fsp3) is 0.0938. The molecule has 4 aromatic carbocycles. The zero-order valence-corrected chi connectivity index (χ0v) is 21.9. The first-order valence-electron chi connectivity index (χ1n) is 12.5. The number of carbonyl (C=O) groups is 1. The second-order valence-corrected chi connectivity index (χ2v) is 9.08. The van der Waals surface area contributed by atoms with Crippen LogP contribution in [0.5, 0.6) is 17.2 Å². The highest BCUT2D eigenvalue weighted by Crippen LogP contribution is 2.38. The third kappa shape index (κ3) is 5.84. The van der Waals surface area contributed by atoms with Crippen molar-refractivity contribution in [3.63, 3.8) is 0 Å². The van der Waals surface area contributed by atoms with Gasteiger partial charge in [-0.3, -0.25) is 9.88 Å². The molecule has 0 aliphatic rings. The summed E-state index contributed by atoms with van der Waals surface area (Å²) in [6.07, 6.45) is 1.64. The third-order valence-electron chi connectivity index (χ3n) is 6.30. The predicted octanol–water partition coefficient (Wildman–Crippen LogP) is 8.27. The molecule has 5 aromatic rings. The Morgan fingerprint density at radius 1 is 1.00 bits per heavy atom. The molecule has 1 heterocycles. The highest BCUT2D eigenvalue weighted by molar-refractivity contribution is 6.01. The van der Waals surface area contributed by atoms with Crippen molar-refractivity contribution >= 4 is 34.0 Å². The number of anilines is 2. The number of benzene rings is 4. The van der Waals surface area contributed by atoms with Crippen molar-refractivity contribution in [1.29, 1.82) is 0 Å². The van der Waals surface area contributed by atoms with Crippen LogP contribution in [-0.4, -0.2) is 18.1 Å². The molecule has 0 saturated carbocycles. The van der Waals surface area contributed by atoms with Crippen molar-refractivity contribution in [2.75, 3.05) is 17.3 Å². The van der Waals surface area contributed by atoms with Crippen LogP contribution in [0.2, 0.25) is 0 Å². The van der Waals surface area contributed by atoms with Crippen LogP contribution in [0.25, 0.3) is 15.7 Å². The zero-order valence-electron chi connectivity index (χ0n) is 21.9. The minimum absolute atomic E-state index is 0.340. The van der Waals surface area contributed by atoms with Gasteiger partial charge in [0.2, 0.25) is 5.69 Å². The number of nitrogens with zero attached hydrogens (tertiary/aromatic N) is 3. The van der Waals surface area contributed by atoms with Crippen molar-refractivity contribution in [3.05, 3.63) is 126 Å². The number of hydrogen-bond acceptors (Lipinski definition) is 4. The molecule has 40 heavy (non-hydrogen) atoms. The van der Waals surface area contributed by atoms with Crippen LogP contribution in [0.1, 0.15) is 11.1 Å². The van der Waals surface area contributed by atoms with E-state index in [-0.39, 0.29) is 11.8 Å². The van der Waals surface area contributed by atoms with Crippen LogP contribution in [-0.2, 0) is 6.61 Å². The topological polar surface area (TPSA) is 68.0 Å². The Morgan fingerprint density at radius 2 is 1.77 bits per heavy atom. The molecule has 7 nitrogen and oxygen atoms in total. The number of aryl methyl sites for hydroxylation is 1. The van der Waals surface area contributed by atoms with Crippen LogP contribution in [0.4, 0.5) is 26.2 Å². The largest absolute Gasteiger partial charge is 0.500 e. The first kappa shape index (κ1) is 26.2. The van der Waals surface area contributed by atoms with E-state index >= 15 is 0 Å². The van der Waals surface area contributed by atoms with E-state index in [1.165, 1.54) is 29.2 Å². The lowest BCUT2D eigenvalue weighted by Gasteiger charge is -2.21. The molecule has 0 aliphatic carbocycles. The normalized spacial score (nSPS) is 10.6. The summed E-state index contributed by atoms with van der Waals surface area (Å²) >= 11 is 0. The molecule has 0 atom stereocenters. The number of aromatic nitrogens is 1. The zero-order chi connectivity index (χ0) is 28.1. The van der Waals surface area contributed by atoms with Crippen molar-refractivity contribution < 1.29 is 18.7 Å². The summed E-state index contributed by atoms with van der Waals surface area (Å²) < 4.78 is 25.3. The summed E-state index contributed by atoms with van der Waals surface area (Å²) in [5.41, 5.74) is 3.99. The van der Waals surface area contributed by atoms with Gasteiger partial charge in [-0.1, -0.05) is 30.3 Å². The lowest BCUT2D eigenvalue weighted by atomic mass is 10.1. The van der Waals surface area contributed by atoms with E-state index in [1.807, 2.05) is 43.3 Å². The Bertz CT molecular complexity index is 1720. The minimum Gasteiger partial charge on any atom is -0.500 e. The molecule has 1 N–H and O–H groups in total. The summed E-state index contributed by atoms with van der Waals surface area (Å²) in [6, 6.07) is 25.6. The number of halogens is 1. The number of carbonyl (C=O) groups excluding carboxylic acids is 1. The van der Waals surface area contributed by atoms with E-state index in [4.69, 9.17) is 16.0 Å². The molecule has 8 heteroatoms. The van der Waals surface area contributed by atoms with Gasteiger partial charge in [-0.2, -0.15) is 0 Å². The number of fused-ring (bicyclic) bond motifs is 1. The lowest BCUT2D eigenvalue weighted by molar-refractivity contribution is 0.258. The molecule has 198 valence electrons. The molecular weight excluding hydrogens is 507 g/mol. The Balaban J connectivity index is 1.34. The van der Waals surface area contributed by atoms with Gasteiger partial charge in [0.15, 0.2) is 0 Å². The highest BCUT2D eigenvalue weighted by Gasteiger charge is 2.16. The maximum atomic E-state index is 13.2. The number of pyridine rings is 1. The number of urea groups is 1. The highest BCUT2D eigenvalue weighted by atomic mass is 19.1. The van der Waals surface area contributed by atoms with Crippen molar-refractivity contribution in [3.8, 4) is 17.2 Å². The maximum Gasteiger partial charge on any atom is 0.326 e. The number of rotatable bonds is 7. The van der Waals surface area contributed by atoms with Gasteiger partial charge in [-0.15, -0.1) is 0 Å². The molecule has 0 radical (unpaired) electrons. The van der Waals surface area contributed by atoms with Gasteiger partial charge >= 0.3 is 6.03 Å². The molecular formula is C32H25FN4O3. The van der Waals surface area contributed by atoms with Gasteiger partial charge in [-0.25, -0.2) is 14.0 Å². The van der Waals surface area contributed by atoms with E-state index in [0.29, 0.717) is 51.8 Å². The SMILES string of the molecule is [C-]#[N+]c1cc2c(Oc3ccc(N(C)C(=O)Nc4ccc(F)cc4)c(C)c3)ccnc2cc1OCc1ccccc1. The molecule has 0 spiro atoms. The quantitative estimate of drug-likeness (QED) is 0.214. The predicted molar refractivity (Wildman–Crippen MR) is 154 cm³/mol. The smallest absolute Gasteiger partial charge is 0.326 e. The van der Waals surface area contributed by atoms with E-state index in [2.05, 4.69) is 15.1 Å². The standard InChI is InChI=1S/C32H25FN4O3/c1-21-17-25(13-14-29(21)37(3)32(38)36-24-11-9-23(33)10-12-24)40-30-15-16-35-27-19-31(28(34-2)18-26(27)30)39-20-22-7-5-4-6-8-22/h4-19H,20H2,1,3H3,(H,36,38). The second-order valence-electron chi connectivity index (χ2n) is 9.08. The number of amides is 2. The van der Waals surface area contributed by atoms with Gasteiger partial charge in [0, 0.05) is 30.0 Å². The van der Waals surface area contributed by atoms with Gasteiger partial charge < -0.3 is 14.8 Å². The molecule has 0 aliphatic heterocycles. The Labute approximate surface area is 231 Å². The van der Waals surface area contributed by atoms with Crippen LogP contribution in [0.15, 0.2) is 97.2 Å². The molecule has 0 bridgehead atoms. The van der Waals surface area contributed by atoms with E-state index in [0.717, 1.165) is 11.1 Å². The average molecular weight is 533 g/mol. The van der Waals surface area contributed by atoms with E-state index in [1.54, 1.807) is 43.6 Å². The van der Waals surface area contributed by atoms with Crippen molar-refractivity contribution in [2.45, 2.75) is 13.5 Å². The van der Waals surface area contributed by atoms with Crippen LogP contribution < -0.4 is 19.7 Å². The molecule has 1 aromatic heterocycles. The first-order chi connectivity index (χ1) is 19.4. The third-order valence-corrected chi connectivity index (χ3v) is 6.30. The number of ether oxygens (including phenoxy) is 2. The molecule has 0 saturated heterocycles. The van der Waals surface area contributed by atoms with Crippen LogP contribution in [0, 0.1) is 19.3 Å². The summed E-state index contributed by atoms with van der Waals surface area (Å²) in [6.45, 7) is 9.89. The number of hydrogen-bond donors (Lipinski definition) is 1. The van der Waals surface area contributed by atoms with Gasteiger partial charge in [0.25, 0.3) is 0 Å². The van der Waals surface area contributed by atoms with Crippen molar-refractivity contribution in [2.24, 2.45) is 0 Å². The van der Waals surface area contributed by atoms with Gasteiger partial charge in [0.05, 0.1) is 12.1 Å². The molecule has 0 fully saturated rings. The second kappa shape index (κ2) is 11.5. The average Bonchev–Trinajstić information content (AvgIpc) is 2.97. The van der Waals surface area contributed by atoms with Crippen LogP contribution >= 0.6 is 0 Å². The summed E-state index contributed by atoms with van der Waals surface area (Å²) in [7, 11) is 1.65. The Kier molecular flexibility index (Phi) is 7.56. The van der Waals surface area contributed by atoms with E-state index in [9.17, 15) is 9.18 Å². The fourth-order valence-corrected chi connectivity index (χ4v) is 4.21. The summed E-state index contributed by atoms with van der Waals surface area (Å²) in [5, 5.41) is 3.43. The lowest BCUT2D eigenvalue weighted by Crippen LogP contribution is -2.31.